The average Bonchev–Trinajstić information content (AvgIpc) is 2.20. The molecule has 1 aliphatic rings. The van der Waals surface area contributed by atoms with Gasteiger partial charge in [0.15, 0.2) is 0 Å². The molecule has 0 heterocycles. The van der Waals surface area contributed by atoms with Crippen molar-refractivity contribution in [2.45, 2.75) is 45.6 Å². The van der Waals surface area contributed by atoms with E-state index in [-0.39, 0.29) is 0 Å². The fourth-order valence-corrected chi connectivity index (χ4v) is 2.57. The Morgan fingerprint density at radius 1 is 1.21 bits per heavy atom. The second kappa shape index (κ2) is 5.52. The molecule has 14 heavy (non-hydrogen) atoms. The van der Waals surface area contributed by atoms with Gasteiger partial charge < -0.3 is 0 Å². The Hall–Kier alpha value is -0.340. The standard InChI is InChI=1S/C12H24N2/c1-4-12(14-13)11-7-5-10(6-8-11)9(2)3/h4,9-12,14H,1,5-8,13H2,2-3H3. The molecule has 1 saturated carbocycles. The average molecular weight is 196 g/mol. The van der Waals surface area contributed by atoms with E-state index >= 15 is 0 Å². The zero-order valence-electron chi connectivity index (χ0n) is 9.50. The Morgan fingerprint density at radius 2 is 1.71 bits per heavy atom. The van der Waals surface area contributed by atoms with Gasteiger partial charge in [-0.3, -0.25) is 11.3 Å². The SMILES string of the molecule is C=CC(NN)C1CCC(C(C)C)CC1. The molecule has 0 spiro atoms. The minimum absolute atomic E-state index is 0.308. The number of nitrogens with two attached hydrogens (primary N) is 1. The first-order valence-electron chi connectivity index (χ1n) is 5.77. The van der Waals surface area contributed by atoms with Crippen LogP contribution in [-0.2, 0) is 0 Å². The Labute approximate surface area is 87.9 Å². The zero-order chi connectivity index (χ0) is 10.6. The van der Waals surface area contributed by atoms with Crippen molar-refractivity contribution >= 4 is 0 Å². The molecule has 0 bridgehead atoms. The molecule has 1 atom stereocenters. The lowest BCUT2D eigenvalue weighted by Crippen LogP contribution is -2.41. The van der Waals surface area contributed by atoms with Gasteiger partial charge in [0.2, 0.25) is 0 Å². The summed E-state index contributed by atoms with van der Waals surface area (Å²) in [5.74, 6) is 7.95. The molecular formula is C12H24N2. The smallest absolute Gasteiger partial charge is 0.0416 e. The summed E-state index contributed by atoms with van der Waals surface area (Å²) >= 11 is 0. The monoisotopic (exact) mass is 196 g/mol. The van der Waals surface area contributed by atoms with Crippen molar-refractivity contribution in [2.75, 3.05) is 0 Å². The number of nitrogens with one attached hydrogen (secondary N) is 1. The van der Waals surface area contributed by atoms with Gasteiger partial charge in [-0.05, 0) is 43.4 Å². The number of hydrogen-bond donors (Lipinski definition) is 2. The number of hydrazine groups is 1. The molecule has 0 saturated heterocycles. The van der Waals surface area contributed by atoms with Crippen LogP contribution in [0.2, 0.25) is 0 Å². The van der Waals surface area contributed by atoms with Gasteiger partial charge in [-0.1, -0.05) is 19.9 Å². The second-order valence-electron chi connectivity index (χ2n) is 4.85. The van der Waals surface area contributed by atoms with Crippen molar-refractivity contribution < 1.29 is 0 Å². The van der Waals surface area contributed by atoms with E-state index < -0.39 is 0 Å². The highest BCUT2D eigenvalue weighted by Crippen LogP contribution is 2.34. The highest BCUT2D eigenvalue weighted by Gasteiger charge is 2.26. The molecule has 0 aliphatic heterocycles. The topological polar surface area (TPSA) is 38.0 Å². The van der Waals surface area contributed by atoms with Gasteiger partial charge >= 0.3 is 0 Å². The van der Waals surface area contributed by atoms with Crippen LogP contribution in [0.5, 0.6) is 0 Å². The molecule has 1 unspecified atom stereocenters. The van der Waals surface area contributed by atoms with Crippen LogP contribution in [0.25, 0.3) is 0 Å². The fraction of sp³-hybridized carbons (Fsp3) is 0.833. The molecule has 0 aromatic heterocycles. The predicted octanol–water partition coefficient (Wildman–Crippen LogP) is 2.47. The fourth-order valence-electron chi connectivity index (χ4n) is 2.57. The summed E-state index contributed by atoms with van der Waals surface area (Å²) in [5, 5.41) is 0. The molecule has 0 radical (unpaired) electrons. The molecule has 2 heteroatoms. The number of rotatable bonds is 4. The zero-order valence-corrected chi connectivity index (χ0v) is 9.50. The van der Waals surface area contributed by atoms with E-state index in [1.165, 1.54) is 25.7 Å². The normalized spacial score (nSPS) is 30.3. The molecule has 2 nitrogen and oxygen atoms in total. The first kappa shape index (κ1) is 11.7. The second-order valence-corrected chi connectivity index (χ2v) is 4.85. The van der Waals surface area contributed by atoms with Crippen LogP contribution in [0, 0.1) is 17.8 Å². The van der Waals surface area contributed by atoms with Crippen molar-refractivity contribution in [1.29, 1.82) is 0 Å². The van der Waals surface area contributed by atoms with E-state index in [1.807, 2.05) is 6.08 Å². The molecule has 3 N–H and O–H groups in total. The van der Waals surface area contributed by atoms with Crippen LogP contribution in [0.3, 0.4) is 0 Å². The third-order valence-corrected chi connectivity index (χ3v) is 3.71. The summed E-state index contributed by atoms with van der Waals surface area (Å²) in [6, 6.07) is 0.308. The van der Waals surface area contributed by atoms with Gasteiger partial charge in [-0.2, -0.15) is 0 Å². The highest BCUT2D eigenvalue weighted by molar-refractivity contribution is 4.92. The largest absolute Gasteiger partial charge is 0.271 e. The Kier molecular flexibility index (Phi) is 4.63. The molecule has 82 valence electrons. The summed E-state index contributed by atoms with van der Waals surface area (Å²) in [6.07, 6.45) is 7.25. The molecule has 0 amide bonds. The lowest BCUT2D eigenvalue weighted by atomic mass is 9.75. The minimum Gasteiger partial charge on any atom is -0.271 e. The van der Waals surface area contributed by atoms with E-state index in [2.05, 4.69) is 25.9 Å². The van der Waals surface area contributed by atoms with Gasteiger partial charge in [0.1, 0.15) is 0 Å². The van der Waals surface area contributed by atoms with Gasteiger partial charge in [-0.25, -0.2) is 0 Å². The molecule has 0 aromatic rings. The van der Waals surface area contributed by atoms with Crippen molar-refractivity contribution in [3.05, 3.63) is 12.7 Å². The van der Waals surface area contributed by atoms with E-state index in [9.17, 15) is 0 Å². The van der Waals surface area contributed by atoms with E-state index in [4.69, 9.17) is 5.84 Å². The Bertz CT molecular complexity index is 169. The summed E-state index contributed by atoms with van der Waals surface area (Å²) < 4.78 is 0. The molecular weight excluding hydrogens is 172 g/mol. The van der Waals surface area contributed by atoms with Crippen LogP contribution < -0.4 is 11.3 Å². The summed E-state index contributed by atoms with van der Waals surface area (Å²) in [6.45, 7) is 8.48. The van der Waals surface area contributed by atoms with Gasteiger partial charge in [0.25, 0.3) is 0 Å². The lowest BCUT2D eigenvalue weighted by molar-refractivity contribution is 0.203. The summed E-state index contributed by atoms with van der Waals surface area (Å²) in [4.78, 5) is 0. The Morgan fingerprint density at radius 3 is 2.07 bits per heavy atom. The molecule has 1 aliphatic carbocycles. The van der Waals surface area contributed by atoms with Crippen molar-refractivity contribution in [3.8, 4) is 0 Å². The van der Waals surface area contributed by atoms with E-state index in [1.54, 1.807) is 0 Å². The first-order chi connectivity index (χ1) is 6.69. The molecule has 1 rings (SSSR count). The first-order valence-corrected chi connectivity index (χ1v) is 5.77. The van der Waals surface area contributed by atoms with Crippen molar-refractivity contribution in [1.82, 2.24) is 5.43 Å². The molecule has 0 aromatic carbocycles. The highest BCUT2D eigenvalue weighted by atomic mass is 15.2. The minimum atomic E-state index is 0.308. The maximum absolute atomic E-state index is 5.49. The third kappa shape index (κ3) is 2.82. The number of hydrogen-bond acceptors (Lipinski definition) is 2. The summed E-state index contributed by atoms with van der Waals surface area (Å²) in [5.41, 5.74) is 2.85. The maximum Gasteiger partial charge on any atom is 0.0416 e. The van der Waals surface area contributed by atoms with Gasteiger partial charge in [-0.15, -0.1) is 6.58 Å². The van der Waals surface area contributed by atoms with Crippen LogP contribution >= 0.6 is 0 Å². The van der Waals surface area contributed by atoms with Crippen LogP contribution in [0.15, 0.2) is 12.7 Å². The third-order valence-electron chi connectivity index (χ3n) is 3.71. The quantitative estimate of drug-likeness (QED) is 0.412. The summed E-state index contributed by atoms with van der Waals surface area (Å²) in [7, 11) is 0. The van der Waals surface area contributed by atoms with Gasteiger partial charge in [0.05, 0.1) is 0 Å². The predicted molar refractivity (Wildman–Crippen MR) is 61.6 cm³/mol. The van der Waals surface area contributed by atoms with E-state index in [0.29, 0.717) is 12.0 Å². The molecule has 1 fully saturated rings. The van der Waals surface area contributed by atoms with Gasteiger partial charge in [0, 0.05) is 6.04 Å². The van der Waals surface area contributed by atoms with Crippen molar-refractivity contribution in [3.63, 3.8) is 0 Å². The van der Waals surface area contributed by atoms with Crippen molar-refractivity contribution in [2.24, 2.45) is 23.6 Å². The van der Waals surface area contributed by atoms with Crippen LogP contribution in [0.4, 0.5) is 0 Å². The van der Waals surface area contributed by atoms with Crippen LogP contribution in [0.1, 0.15) is 39.5 Å². The maximum atomic E-state index is 5.49. The lowest BCUT2D eigenvalue weighted by Gasteiger charge is -2.33. The Balaban J connectivity index is 2.38. The van der Waals surface area contributed by atoms with E-state index in [0.717, 1.165) is 11.8 Å². The van der Waals surface area contributed by atoms with Crippen LogP contribution in [-0.4, -0.2) is 6.04 Å².